The number of carbonyl (C=O) groups excluding carboxylic acids is 1. The van der Waals surface area contributed by atoms with Crippen LogP contribution in [-0.4, -0.2) is 11.6 Å². The summed E-state index contributed by atoms with van der Waals surface area (Å²) < 4.78 is 5.62. The van der Waals surface area contributed by atoms with E-state index in [1.165, 1.54) is 0 Å². The highest BCUT2D eigenvalue weighted by Gasteiger charge is 2.35. The molecular weight excluding hydrogens is 331 g/mol. The zero-order valence-electron chi connectivity index (χ0n) is 14.2. The summed E-state index contributed by atoms with van der Waals surface area (Å²) in [6, 6.07) is 5.68. The van der Waals surface area contributed by atoms with Gasteiger partial charge in [-0.25, -0.2) is 4.79 Å². The Morgan fingerprint density at radius 2 is 1.96 bits per heavy atom. The first kappa shape index (κ1) is 18.4. The summed E-state index contributed by atoms with van der Waals surface area (Å²) >= 11 is 12.1. The molecule has 126 valence electrons. The lowest BCUT2D eigenvalue weighted by Crippen LogP contribution is -2.36. The fraction of sp³-hybridized carbons (Fsp3) is 0.526. The summed E-state index contributed by atoms with van der Waals surface area (Å²) in [4.78, 5) is 12.5. The zero-order chi connectivity index (χ0) is 17.2. The van der Waals surface area contributed by atoms with Crippen molar-refractivity contribution in [3.05, 3.63) is 45.0 Å². The second-order valence-corrected chi connectivity index (χ2v) is 7.77. The Kier molecular flexibility index (Phi) is 5.80. The van der Waals surface area contributed by atoms with Crippen LogP contribution in [-0.2, 0) is 16.0 Å². The molecule has 1 heterocycles. The molecule has 1 unspecified atom stereocenters. The molecule has 1 aromatic carbocycles. The van der Waals surface area contributed by atoms with Gasteiger partial charge in [-0.1, -0.05) is 48.2 Å². The maximum Gasteiger partial charge on any atom is 0.334 e. The van der Waals surface area contributed by atoms with Gasteiger partial charge in [0.2, 0.25) is 0 Å². The molecule has 1 atom stereocenters. The lowest BCUT2D eigenvalue weighted by Gasteiger charge is -2.34. The van der Waals surface area contributed by atoms with Gasteiger partial charge in [-0.3, -0.25) is 0 Å². The molecule has 23 heavy (non-hydrogen) atoms. The topological polar surface area (TPSA) is 26.3 Å². The van der Waals surface area contributed by atoms with E-state index >= 15 is 0 Å². The first-order valence-electron chi connectivity index (χ1n) is 8.10. The molecule has 1 aliphatic rings. The molecule has 0 saturated carbocycles. The SMILES string of the molecule is CCCC(Cc1ccc(Cl)c(Cl)c1)C1=C(C)CC(C)(C)OC1=O. The summed E-state index contributed by atoms with van der Waals surface area (Å²) in [5.74, 6) is -0.0156. The molecule has 0 fully saturated rings. The Bertz CT molecular complexity index is 632. The van der Waals surface area contributed by atoms with Crippen molar-refractivity contribution in [2.24, 2.45) is 5.92 Å². The Labute approximate surface area is 148 Å². The van der Waals surface area contributed by atoms with E-state index in [2.05, 4.69) is 13.8 Å². The van der Waals surface area contributed by atoms with Crippen molar-refractivity contribution < 1.29 is 9.53 Å². The molecule has 4 heteroatoms. The molecule has 0 spiro atoms. The largest absolute Gasteiger partial charge is 0.456 e. The minimum Gasteiger partial charge on any atom is -0.456 e. The average molecular weight is 355 g/mol. The van der Waals surface area contributed by atoms with Gasteiger partial charge >= 0.3 is 5.97 Å². The van der Waals surface area contributed by atoms with Crippen LogP contribution < -0.4 is 0 Å². The van der Waals surface area contributed by atoms with Gasteiger partial charge < -0.3 is 4.74 Å². The third kappa shape index (κ3) is 4.51. The van der Waals surface area contributed by atoms with Gasteiger partial charge in [0.05, 0.1) is 10.0 Å². The Morgan fingerprint density at radius 3 is 2.52 bits per heavy atom. The minimum atomic E-state index is -0.412. The number of benzene rings is 1. The van der Waals surface area contributed by atoms with Gasteiger partial charge in [0.15, 0.2) is 0 Å². The third-order valence-corrected chi connectivity index (χ3v) is 4.99. The number of hydrogen-bond donors (Lipinski definition) is 0. The Morgan fingerprint density at radius 1 is 1.26 bits per heavy atom. The molecule has 0 amide bonds. The Hall–Kier alpha value is -0.990. The zero-order valence-corrected chi connectivity index (χ0v) is 15.7. The fourth-order valence-corrected chi connectivity index (χ4v) is 3.73. The number of hydrogen-bond acceptors (Lipinski definition) is 2. The molecule has 2 nitrogen and oxygen atoms in total. The number of esters is 1. The lowest BCUT2D eigenvalue weighted by molar-refractivity contribution is -0.154. The van der Waals surface area contributed by atoms with Crippen LogP contribution in [0.1, 0.15) is 52.5 Å². The van der Waals surface area contributed by atoms with Gasteiger partial charge in [0.25, 0.3) is 0 Å². The standard InChI is InChI=1S/C19H24Cl2O2/c1-5-6-14(9-13-7-8-15(20)16(21)10-13)17-12(2)11-19(3,4)23-18(17)22/h7-8,10,14H,5-6,9,11H2,1-4H3. The molecule has 1 aromatic rings. The van der Waals surface area contributed by atoms with Crippen LogP contribution in [0.4, 0.5) is 0 Å². The van der Waals surface area contributed by atoms with Gasteiger partial charge in [-0.2, -0.15) is 0 Å². The summed E-state index contributed by atoms with van der Waals surface area (Å²) in [5, 5.41) is 1.11. The van der Waals surface area contributed by atoms with Crippen molar-refractivity contribution >= 4 is 29.2 Å². The van der Waals surface area contributed by atoms with Gasteiger partial charge in [-0.05, 0) is 57.2 Å². The predicted octanol–water partition coefficient (Wildman–Crippen LogP) is 5.99. The lowest BCUT2D eigenvalue weighted by atomic mass is 9.81. The normalized spacial score (nSPS) is 18.8. The van der Waals surface area contributed by atoms with E-state index in [1.807, 2.05) is 32.0 Å². The molecule has 0 radical (unpaired) electrons. The fourth-order valence-electron chi connectivity index (χ4n) is 3.41. The van der Waals surface area contributed by atoms with Crippen LogP contribution >= 0.6 is 23.2 Å². The van der Waals surface area contributed by atoms with Crippen LogP contribution in [0.25, 0.3) is 0 Å². The summed E-state index contributed by atoms with van der Waals surface area (Å²) in [7, 11) is 0. The molecular formula is C19H24Cl2O2. The van der Waals surface area contributed by atoms with Gasteiger partial charge in [0, 0.05) is 12.0 Å². The summed E-state index contributed by atoms with van der Waals surface area (Å²) in [6.45, 7) is 8.10. The van der Waals surface area contributed by atoms with E-state index in [0.717, 1.165) is 42.4 Å². The first-order chi connectivity index (χ1) is 10.7. The number of cyclic esters (lactones) is 1. The number of carbonyl (C=O) groups is 1. The average Bonchev–Trinajstić information content (AvgIpc) is 2.41. The van der Waals surface area contributed by atoms with Crippen LogP contribution in [0, 0.1) is 5.92 Å². The molecule has 0 aromatic heterocycles. The highest BCUT2D eigenvalue weighted by molar-refractivity contribution is 6.42. The molecule has 1 aliphatic heterocycles. The smallest absolute Gasteiger partial charge is 0.334 e. The van der Waals surface area contributed by atoms with Gasteiger partial charge in [-0.15, -0.1) is 0 Å². The van der Waals surface area contributed by atoms with Crippen molar-refractivity contribution in [1.82, 2.24) is 0 Å². The van der Waals surface area contributed by atoms with Crippen LogP contribution in [0.5, 0.6) is 0 Å². The van der Waals surface area contributed by atoms with E-state index in [-0.39, 0.29) is 11.9 Å². The van der Waals surface area contributed by atoms with Crippen molar-refractivity contribution in [3.8, 4) is 0 Å². The van der Waals surface area contributed by atoms with Crippen LogP contribution in [0.15, 0.2) is 29.3 Å². The highest BCUT2D eigenvalue weighted by Crippen LogP contribution is 2.36. The van der Waals surface area contributed by atoms with E-state index in [1.54, 1.807) is 0 Å². The van der Waals surface area contributed by atoms with Crippen molar-refractivity contribution in [2.75, 3.05) is 0 Å². The molecule has 0 N–H and O–H groups in total. The number of ether oxygens (including phenoxy) is 1. The second kappa shape index (κ2) is 7.27. The summed E-state index contributed by atoms with van der Waals surface area (Å²) in [5.41, 5.74) is 2.67. The van der Waals surface area contributed by atoms with Crippen LogP contribution in [0.2, 0.25) is 10.0 Å². The molecule has 0 bridgehead atoms. The van der Waals surface area contributed by atoms with Crippen molar-refractivity contribution in [1.29, 1.82) is 0 Å². The molecule has 2 rings (SSSR count). The summed E-state index contributed by atoms with van der Waals surface area (Å²) in [6.07, 6.45) is 3.52. The number of rotatable bonds is 5. The predicted molar refractivity (Wildman–Crippen MR) is 96.1 cm³/mol. The van der Waals surface area contributed by atoms with E-state index in [0.29, 0.717) is 10.0 Å². The van der Waals surface area contributed by atoms with Gasteiger partial charge in [0.1, 0.15) is 5.60 Å². The van der Waals surface area contributed by atoms with E-state index in [4.69, 9.17) is 27.9 Å². The second-order valence-electron chi connectivity index (χ2n) is 6.96. The number of halogens is 2. The molecule has 0 aliphatic carbocycles. The maximum atomic E-state index is 12.5. The van der Waals surface area contributed by atoms with Crippen molar-refractivity contribution in [2.45, 2.75) is 59.0 Å². The molecule has 0 saturated heterocycles. The minimum absolute atomic E-state index is 0.154. The third-order valence-electron chi connectivity index (χ3n) is 4.25. The van der Waals surface area contributed by atoms with Crippen LogP contribution in [0.3, 0.4) is 0 Å². The highest BCUT2D eigenvalue weighted by atomic mass is 35.5. The maximum absolute atomic E-state index is 12.5. The Balaban J connectivity index is 2.30. The monoisotopic (exact) mass is 354 g/mol. The van der Waals surface area contributed by atoms with E-state index < -0.39 is 5.60 Å². The van der Waals surface area contributed by atoms with Crippen molar-refractivity contribution in [3.63, 3.8) is 0 Å². The first-order valence-corrected chi connectivity index (χ1v) is 8.86. The quantitative estimate of drug-likeness (QED) is 0.606. The van der Waals surface area contributed by atoms with E-state index in [9.17, 15) is 4.79 Å².